The molecule has 41 heavy (non-hydrogen) atoms. The Morgan fingerprint density at radius 1 is 1.02 bits per heavy atom. The zero-order chi connectivity index (χ0) is 30.4. The average molecular weight is 592 g/mol. The number of likely N-dealkylation sites (N-methyl/N-ethyl adjacent to an activating group) is 1. The third-order valence-electron chi connectivity index (χ3n) is 7.40. The molecule has 0 aromatic heterocycles. The molecule has 1 aliphatic rings. The lowest BCUT2D eigenvalue weighted by Gasteiger charge is -2.40. The lowest BCUT2D eigenvalue weighted by Crippen LogP contribution is -2.48. The summed E-state index contributed by atoms with van der Waals surface area (Å²) in [7, 11) is 0. The standard InChI is InChI=1S/C29H36F7N3O2/c1-4-38(5-2)12-13-41-24-9-11-39(26(18-24)25-7-6-23(30)14-19(25)3)27(40)37-10-8-20-15-21(28(31,32)33)17-22(16-20)29(34,35)36/h6-7,14-17,24,26H,4-5,8-13,18H2,1-3H3,(H,37,40)/t24-,26+/m0/s1. The maximum absolute atomic E-state index is 13.8. The van der Waals surface area contributed by atoms with Gasteiger partial charge in [-0.05, 0) is 86.3 Å². The minimum atomic E-state index is -4.95. The van der Waals surface area contributed by atoms with Crippen LogP contribution in [0.25, 0.3) is 0 Å². The Bertz CT molecular complexity index is 1130. The Morgan fingerprint density at radius 3 is 2.22 bits per heavy atom. The van der Waals surface area contributed by atoms with E-state index in [0.717, 1.165) is 25.2 Å². The minimum absolute atomic E-state index is 0.0754. The molecular formula is C29H36F7N3O2. The second-order valence-electron chi connectivity index (χ2n) is 10.2. The Labute approximate surface area is 235 Å². The van der Waals surface area contributed by atoms with E-state index in [-0.39, 0.29) is 30.7 Å². The van der Waals surface area contributed by atoms with E-state index in [0.29, 0.717) is 43.7 Å². The zero-order valence-electron chi connectivity index (χ0n) is 23.3. The van der Waals surface area contributed by atoms with Crippen LogP contribution in [-0.4, -0.2) is 61.3 Å². The van der Waals surface area contributed by atoms with Crippen LogP contribution in [0.15, 0.2) is 36.4 Å². The minimum Gasteiger partial charge on any atom is -0.377 e. The van der Waals surface area contributed by atoms with Crippen LogP contribution in [0, 0.1) is 12.7 Å². The highest BCUT2D eigenvalue weighted by Crippen LogP contribution is 2.37. The van der Waals surface area contributed by atoms with Crippen molar-refractivity contribution in [2.24, 2.45) is 0 Å². The number of carbonyl (C=O) groups excluding carboxylic acids is 1. The summed E-state index contributed by atoms with van der Waals surface area (Å²) >= 11 is 0. The number of carbonyl (C=O) groups is 1. The van der Waals surface area contributed by atoms with Gasteiger partial charge in [0.2, 0.25) is 0 Å². The molecule has 2 atom stereocenters. The Kier molecular flexibility index (Phi) is 11.0. The first-order valence-corrected chi connectivity index (χ1v) is 13.7. The number of benzene rings is 2. The van der Waals surface area contributed by atoms with Gasteiger partial charge in [-0.1, -0.05) is 19.9 Å². The summed E-state index contributed by atoms with van der Waals surface area (Å²) in [4.78, 5) is 17.0. The molecule has 5 nitrogen and oxygen atoms in total. The molecule has 0 spiro atoms. The van der Waals surface area contributed by atoms with Crippen LogP contribution in [0.4, 0.5) is 35.5 Å². The third kappa shape index (κ3) is 9.06. The molecule has 2 aromatic rings. The molecule has 1 saturated heterocycles. The third-order valence-corrected chi connectivity index (χ3v) is 7.40. The van der Waals surface area contributed by atoms with Gasteiger partial charge in [-0.3, -0.25) is 0 Å². The van der Waals surface area contributed by atoms with Gasteiger partial charge in [-0.15, -0.1) is 0 Å². The molecule has 1 aliphatic heterocycles. The lowest BCUT2D eigenvalue weighted by molar-refractivity contribution is -0.143. The first kappa shape index (κ1) is 32.7. The summed E-state index contributed by atoms with van der Waals surface area (Å²) in [6.07, 6.45) is -9.26. The summed E-state index contributed by atoms with van der Waals surface area (Å²) in [6, 6.07) is 4.75. The smallest absolute Gasteiger partial charge is 0.377 e. The molecule has 0 aliphatic carbocycles. The van der Waals surface area contributed by atoms with Crippen LogP contribution < -0.4 is 5.32 Å². The van der Waals surface area contributed by atoms with E-state index in [2.05, 4.69) is 24.1 Å². The number of piperidine rings is 1. The van der Waals surface area contributed by atoms with Crippen molar-refractivity contribution in [1.82, 2.24) is 15.1 Å². The topological polar surface area (TPSA) is 44.8 Å². The highest BCUT2D eigenvalue weighted by atomic mass is 19.4. The maximum atomic E-state index is 13.8. The van der Waals surface area contributed by atoms with E-state index in [4.69, 9.17) is 4.74 Å². The van der Waals surface area contributed by atoms with Gasteiger partial charge in [0.1, 0.15) is 5.82 Å². The van der Waals surface area contributed by atoms with E-state index in [1.54, 1.807) is 17.9 Å². The van der Waals surface area contributed by atoms with Crippen molar-refractivity contribution < 1.29 is 40.3 Å². The number of hydrogen-bond acceptors (Lipinski definition) is 3. The summed E-state index contributed by atoms with van der Waals surface area (Å²) in [5.41, 5.74) is -1.60. The number of nitrogens with one attached hydrogen (secondary N) is 1. The first-order chi connectivity index (χ1) is 19.2. The van der Waals surface area contributed by atoms with Crippen molar-refractivity contribution in [1.29, 1.82) is 0 Å². The second-order valence-corrected chi connectivity index (χ2v) is 10.2. The fourth-order valence-electron chi connectivity index (χ4n) is 5.10. The quantitative estimate of drug-likeness (QED) is 0.303. The van der Waals surface area contributed by atoms with Gasteiger partial charge >= 0.3 is 18.4 Å². The van der Waals surface area contributed by atoms with Gasteiger partial charge < -0.3 is 19.9 Å². The number of likely N-dealkylation sites (tertiary alicyclic amines) is 1. The number of halogens is 7. The fourth-order valence-corrected chi connectivity index (χ4v) is 5.10. The van der Waals surface area contributed by atoms with Crippen molar-refractivity contribution in [2.75, 3.05) is 39.3 Å². The number of nitrogens with zero attached hydrogens (tertiary/aromatic N) is 2. The summed E-state index contributed by atoms with van der Waals surface area (Å²) in [5.74, 6) is -0.413. The van der Waals surface area contributed by atoms with E-state index < -0.39 is 41.4 Å². The number of amides is 2. The normalized spacial score (nSPS) is 18.2. The second kappa shape index (κ2) is 13.9. The first-order valence-electron chi connectivity index (χ1n) is 13.7. The van der Waals surface area contributed by atoms with Crippen molar-refractivity contribution in [3.05, 3.63) is 70.0 Å². The molecule has 1 heterocycles. The molecule has 0 unspecified atom stereocenters. The SMILES string of the molecule is CCN(CC)CCO[C@H]1CCN(C(=O)NCCc2cc(C(F)(F)F)cc(C(F)(F)F)c2)[C@@H](c2ccc(F)cc2C)C1. The Balaban J connectivity index is 1.71. The van der Waals surface area contributed by atoms with Crippen LogP contribution >= 0.6 is 0 Å². The fraction of sp³-hybridized carbons (Fsp3) is 0.552. The summed E-state index contributed by atoms with van der Waals surface area (Å²) in [5, 5.41) is 2.64. The van der Waals surface area contributed by atoms with E-state index in [1.165, 1.54) is 12.1 Å². The van der Waals surface area contributed by atoms with Gasteiger partial charge in [0, 0.05) is 19.6 Å². The van der Waals surface area contributed by atoms with E-state index >= 15 is 0 Å². The van der Waals surface area contributed by atoms with Crippen LogP contribution in [-0.2, 0) is 23.5 Å². The van der Waals surface area contributed by atoms with Crippen LogP contribution in [0.2, 0.25) is 0 Å². The summed E-state index contributed by atoms with van der Waals surface area (Å²) in [6.45, 7) is 9.08. The number of ether oxygens (including phenoxy) is 1. The van der Waals surface area contributed by atoms with Crippen LogP contribution in [0.3, 0.4) is 0 Å². The van der Waals surface area contributed by atoms with Crippen molar-refractivity contribution >= 4 is 6.03 Å². The number of alkyl halides is 6. The van der Waals surface area contributed by atoms with Crippen LogP contribution in [0.5, 0.6) is 0 Å². The molecule has 3 rings (SSSR count). The molecule has 0 saturated carbocycles. The predicted molar refractivity (Wildman–Crippen MR) is 141 cm³/mol. The molecule has 0 radical (unpaired) electrons. The Morgan fingerprint density at radius 2 is 1.66 bits per heavy atom. The maximum Gasteiger partial charge on any atom is 0.416 e. The molecule has 1 N–H and O–H groups in total. The van der Waals surface area contributed by atoms with Crippen molar-refractivity contribution in [2.45, 2.75) is 64.5 Å². The van der Waals surface area contributed by atoms with E-state index in [1.807, 2.05) is 0 Å². The number of rotatable bonds is 10. The van der Waals surface area contributed by atoms with Crippen molar-refractivity contribution in [3.63, 3.8) is 0 Å². The molecule has 2 aromatic carbocycles. The summed E-state index contributed by atoms with van der Waals surface area (Å²) < 4.78 is 99.1. The number of aryl methyl sites for hydroxylation is 1. The highest BCUT2D eigenvalue weighted by Gasteiger charge is 2.37. The predicted octanol–water partition coefficient (Wildman–Crippen LogP) is 6.99. The van der Waals surface area contributed by atoms with E-state index in [9.17, 15) is 35.5 Å². The van der Waals surface area contributed by atoms with Gasteiger partial charge in [0.05, 0.1) is 29.9 Å². The average Bonchev–Trinajstić information content (AvgIpc) is 2.90. The molecule has 0 bridgehead atoms. The van der Waals surface area contributed by atoms with Crippen LogP contribution in [0.1, 0.15) is 60.5 Å². The molecule has 1 fully saturated rings. The number of urea groups is 1. The van der Waals surface area contributed by atoms with Gasteiger partial charge in [-0.2, -0.15) is 26.3 Å². The molecule has 2 amide bonds. The number of hydrogen-bond donors (Lipinski definition) is 1. The molecular weight excluding hydrogens is 555 g/mol. The lowest BCUT2D eigenvalue weighted by atomic mass is 9.90. The largest absolute Gasteiger partial charge is 0.416 e. The van der Waals surface area contributed by atoms with Crippen molar-refractivity contribution in [3.8, 4) is 0 Å². The highest BCUT2D eigenvalue weighted by molar-refractivity contribution is 5.75. The molecule has 228 valence electrons. The van der Waals surface area contributed by atoms with Gasteiger partial charge in [0.25, 0.3) is 0 Å². The monoisotopic (exact) mass is 591 g/mol. The van der Waals surface area contributed by atoms with Gasteiger partial charge in [-0.25, -0.2) is 9.18 Å². The zero-order valence-corrected chi connectivity index (χ0v) is 23.3. The van der Waals surface area contributed by atoms with Gasteiger partial charge in [0.15, 0.2) is 0 Å². The Hall–Kier alpha value is -2.86. The molecule has 12 heteroatoms.